The maximum Gasteiger partial charge on any atom is 0.163 e. The molecule has 0 saturated carbocycles. The van der Waals surface area contributed by atoms with Crippen LogP contribution in [-0.4, -0.2) is 25.5 Å². The first-order valence-electron chi connectivity index (χ1n) is 6.15. The lowest BCUT2D eigenvalue weighted by Gasteiger charge is -2.31. The molecule has 1 aliphatic rings. The van der Waals surface area contributed by atoms with Crippen molar-refractivity contribution >= 4 is 5.69 Å². The van der Waals surface area contributed by atoms with E-state index in [0.29, 0.717) is 19.8 Å². The van der Waals surface area contributed by atoms with Gasteiger partial charge in [-0.25, -0.2) is 4.39 Å². The molecule has 0 bridgehead atoms. The topological polar surface area (TPSA) is 43.2 Å². The molecule has 0 spiro atoms. The Bertz CT molecular complexity index is 486. The molecule has 1 aromatic rings. The Balaban J connectivity index is 1.85. The van der Waals surface area contributed by atoms with E-state index in [1.165, 1.54) is 6.07 Å². The van der Waals surface area contributed by atoms with Crippen LogP contribution in [0, 0.1) is 5.82 Å². The lowest BCUT2D eigenvalue weighted by atomic mass is 10.2. The molecule has 0 aliphatic carbocycles. The van der Waals surface area contributed by atoms with Gasteiger partial charge in [-0.2, -0.15) is 10.2 Å². The van der Waals surface area contributed by atoms with Crippen molar-refractivity contribution in [2.75, 3.05) is 19.8 Å². The molecule has 1 saturated heterocycles. The van der Waals surface area contributed by atoms with Crippen molar-refractivity contribution in [1.82, 2.24) is 0 Å². The lowest BCUT2D eigenvalue weighted by Crippen LogP contribution is -2.35. The molecule has 0 atom stereocenters. The summed E-state index contributed by atoms with van der Waals surface area (Å²) in [6, 6.07) is 6.29. The second kappa shape index (κ2) is 6.04. The van der Waals surface area contributed by atoms with E-state index in [1.807, 2.05) is 19.9 Å². The summed E-state index contributed by atoms with van der Waals surface area (Å²) >= 11 is 0. The second-order valence-electron chi connectivity index (χ2n) is 4.71. The molecule has 102 valence electrons. The van der Waals surface area contributed by atoms with Crippen LogP contribution in [0.3, 0.4) is 0 Å². The van der Waals surface area contributed by atoms with Crippen molar-refractivity contribution in [3.8, 4) is 0 Å². The molecule has 0 radical (unpaired) electrons. The summed E-state index contributed by atoms with van der Waals surface area (Å²) in [5, 5.41) is 7.77. The van der Waals surface area contributed by atoms with E-state index in [0.717, 1.165) is 5.57 Å². The van der Waals surface area contributed by atoms with Crippen LogP contribution >= 0.6 is 0 Å². The molecule has 19 heavy (non-hydrogen) atoms. The highest BCUT2D eigenvalue weighted by atomic mass is 19.1. The highest BCUT2D eigenvalue weighted by Crippen LogP contribution is 2.20. The lowest BCUT2D eigenvalue weighted by molar-refractivity contribution is -0.225. The van der Waals surface area contributed by atoms with Crippen LogP contribution in [0.15, 0.2) is 46.1 Å². The fourth-order valence-corrected chi connectivity index (χ4v) is 1.55. The van der Waals surface area contributed by atoms with Gasteiger partial charge in [0.25, 0.3) is 0 Å². The molecule has 0 amide bonds. The van der Waals surface area contributed by atoms with Crippen LogP contribution in [0.4, 0.5) is 10.1 Å². The van der Waals surface area contributed by atoms with Crippen molar-refractivity contribution in [3.63, 3.8) is 0 Å². The summed E-state index contributed by atoms with van der Waals surface area (Å²) in [7, 11) is 0. The molecule has 0 N–H and O–H groups in total. The number of azo groups is 1. The summed E-state index contributed by atoms with van der Waals surface area (Å²) in [5.74, 6) is -0.892. The minimum atomic E-state index is -0.522. The largest absolute Gasteiger partial charge is 0.346 e. The molecular formula is C14H17FN2O2. The molecule has 2 rings (SSSR count). The molecule has 5 heteroatoms. The van der Waals surface area contributed by atoms with Crippen molar-refractivity contribution in [3.05, 3.63) is 41.7 Å². The van der Waals surface area contributed by atoms with Crippen molar-refractivity contribution < 1.29 is 13.9 Å². The highest BCUT2D eigenvalue weighted by Gasteiger charge is 2.24. The van der Waals surface area contributed by atoms with Gasteiger partial charge in [0.15, 0.2) is 11.6 Å². The van der Waals surface area contributed by atoms with Crippen LogP contribution in [0.2, 0.25) is 0 Å². The fraction of sp³-hybridized carbons (Fsp3) is 0.429. The molecular weight excluding hydrogens is 247 g/mol. The average molecular weight is 264 g/mol. The zero-order chi connectivity index (χ0) is 13.7. The normalized spacial score (nSPS) is 18.8. The van der Waals surface area contributed by atoms with Gasteiger partial charge in [-0.15, -0.1) is 0 Å². The number of nitrogens with zero attached hydrogens (tertiary/aromatic N) is 2. The van der Waals surface area contributed by atoms with E-state index < -0.39 is 5.79 Å². The van der Waals surface area contributed by atoms with Gasteiger partial charge in [0.05, 0.1) is 19.8 Å². The number of rotatable bonds is 3. The smallest absolute Gasteiger partial charge is 0.163 e. The number of halogens is 1. The van der Waals surface area contributed by atoms with Crippen molar-refractivity contribution in [2.45, 2.75) is 19.6 Å². The SMILES string of the molecule is CC1(C)OCC(=CCN=Nc2ccccc2F)CO1. The predicted octanol–water partition coefficient (Wildman–Crippen LogP) is 3.62. The van der Waals surface area contributed by atoms with Gasteiger partial charge in [0, 0.05) is 0 Å². The maximum absolute atomic E-state index is 13.2. The third-order valence-electron chi connectivity index (χ3n) is 2.70. The van der Waals surface area contributed by atoms with Gasteiger partial charge < -0.3 is 9.47 Å². The van der Waals surface area contributed by atoms with Gasteiger partial charge in [-0.05, 0) is 31.6 Å². The fourth-order valence-electron chi connectivity index (χ4n) is 1.55. The Labute approximate surface area is 111 Å². The molecule has 1 aromatic carbocycles. The van der Waals surface area contributed by atoms with E-state index in [1.54, 1.807) is 18.2 Å². The Morgan fingerprint density at radius 3 is 2.63 bits per heavy atom. The standard InChI is InChI=1S/C14H17FN2O2/c1-14(2)18-9-11(10-19-14)7-8-16-17-13-6-4-3-5-12(13)15/h3-7H,8-10H2,1-2H3. The number of hydrogen-bond acceptors (Lipinski definition) is 4. The summed E-state index contributed by atoms with van der Waals surface area (Å²) in [6.07, 6.45) is 1.89. The highest BCUT2D eigenvalue weighted by molar-refractivity contribution is 5.36. The van der Waals surface area contributed by atoms with E-state index >= 15 is 0 Å². The Morgan fingerprint density at radius 1 is 1.26 bits per heavy atom. The molecule has 1 heterocycles. The maximum atomic E-state index is 13.2. The van der Waals surface area contributed by atoms with Crippen molar-refractivity contribution in [2.24, 2.45) is 10.2 Å². The van der Waals surface area contributed by atoms with Crippen LogP contribution in [0.1, 0.15) is 13.8 Å². The minimum absolute atomic E-state index is 0.248. The van der Waals surface area contributed by atoms with E-state index in [9.17, 15) is 4.39 Å². The Hall–Kier alpha value is -1.59. The number of hydrogen-bond donors (Lipinski definition) is 0. The van der Waals surface area contributed by atoms with Gasteiger partial charge in [0.1, 0.15) is 5.69 Å². The second-order valence-corrected chi connectivity index (χ2v) is 4.71. The zero-order valence-electron chi connectivity index (χ0n) is 11.1. The molecule has 1 aliphatic heterocycles. The number of ether oxygens (including phenoxy) is 2. The van der Waals surface area contributed by atoms with Gasteiger partial charge in [-0.1, -0.05) is 18.2 Å². The summed E-state index contributed by atoms with van der Waals surface area (Å²) < 4.78 is 24.2. The van der Waals surface area contributed by atoms with Gasteiger partial charge in [-0.3, -0.25) is 0 Å². The van der Waals surface area contributed by atoms with Crippen LogP contribution < -0.4 is 0 Å². The predicted molar refractivity (Wildman–Crippen MR) is 69.8 cm³/mol. The average Bonchev–Trinajstić information content (AvgIpc) is 2.38. The zero-order valence-corrected chi connectivity index (χ0v) is 11.1. The molecule has 0 aromatic heterocycles. The number of benzene rings is 1. The first-order chi connectivity index (χ1) is 9.07. The van der Waals surface area contributed by atoms with Crippen LogP contribution in [-0.2, 0) is 9.47 Å². The first-order valence-corrected chi connectivity index (χ1v) is 6.15. The van der Waals surface area contributed by atoms with E-state index in [-0.39, 0.29) is 11.5 Å². The quantitative estimate of drug-likeness (QED) is 0.618. The summed E-state index contributed by atoms with van der Waals surface area (Å²) in [5.41, 5.74) is 1.27. The Morgan fingerprint density at radius 2 is 1.95 bits per heavy atom. The molecule has 1 fully saturated rings. The van der Waals surface area contributed by atoms with E-state index in [2.05, 4.69) is 10.2 Å². The van der Waals surface area contributed by atoms with Crippen molar-refractivity contribution in [1.29, 1.82) is 0 Å². The van der Waals surface area contributed by atoms with Gasteiger partial charge >= 0.3 is 0 Å². The first kappa shape index (κ1) is 13.8. The third kappa shape index (κ3) is 4.22. The molecule has 0 unspecified atom stereocenters. The van der Waals surface area contributed by atoms with Crippen LogP contribution in [0.5, 0.6) is 0 Å². The minimum Gasteiger partial charge on any atom is -0.346 e. The van der Waals surface area contributed by atoms with Gasteiger partial charge in [0.2, 0.25) is 0 Å². The third-order valence-corrected chi connectivity index (χ3v) is 2.70. The van der Waals surface area contributed by atoms with E-state index in [4.69, 9.17) is 9.47 Å². The summed E-state index contributed by atoms with van der Waals surface area (Å²) in [6.45, 7) is 5.20. The monoisotopic (exact) mass is 264 g/mol. The molecule has 4 nitrogen and oxygen atoms in total. The summed E-state index contributed by atoms with van der Waals surface area (Å²) in [4.78, 5) is 0. The Kier molecular flexibility index (Phi) is 4.39. The van der Waals surface area contributed by atoms with Crippen LogP contribution in [0.25, 0.3) is 0 Å².